The van der Waals surface area contributed by atoms with Gasteiger partial charge in [-0.3, -0.25) is 9.63 Å². The molecule has 1 aromatic carbocycles. The highest BCUT2D eigenvalue weighted by Gasteiger charge is 2.27. The lowest BCUT2D eigenvalue weighted by Crippen LogP contribution is -2.38. The lowest BCUT2D eigenvalue weighted by atomic mass is 10.2. The number of hydrogen-bond acceptors (Lipinski definition) is 8. The van der Waals surface area contributed by atoms with Gasteiger partial charge in [0.1, 0.15) is 11.1 Å². The fraction of sp³-hybridized carbons (Fsp3) is 0.471. The molecule has 0 saturated carbocycles. The van der Waals surface area contributed by atoms with Crippen molar-refractivity contribution in [3.8, 4) is 0 Å². The number of oxime groups is 1. The Balaban J connectivity index is 2.83. The molecule has 0 saturated heterocycles. The first-order valence-corrected chi connectivity index (χ1v) is 10.0. The van der Waals surface area contributed by atoms with Gasteiger partial charge < -0.3 is 4.74 Å². The van der Waals surface area contributed by atoms with Gasteiger partial charge >= 0.3 is 12.1 Å². The minimum atomic E-state index is -0.627. The minimum absolute atomic E-state index is 0.299. The van der Waals surface area contributed by atoms with Gasteiger partial charge in [-0.2, -0.15) is 0 Å². The van der Waals surface area contributed by atoms with Crippen molar-refractivity contribution in [1.29, 1.82) is 0 Å². The van der Waals surface area contributed by atoms with Crippen LogP contribution < -0.4 is 0 Å². The van der Waals surface area contributed by atoms with E-state index >= 15 is 0 Å². The quantitative estimate of drug-likeness (QED) is 0.165. The van der Waals surface area contributed by atoms with E-state index in [0.717, 1.165) is 17.7 Å². The fourth-order valence-corrected chi connectivity index (χ4v) is 2.73. The summed E-state index contributed by atoms with van der Waals surface area (Å²) >= 11 is 2.47. The highest BCUT2D eigenvalue weighted by Crippen LogP contribution is 2.23. The Morgan fingerprint density at radius 2 is 1.92 bits per heavy atom. The summed E-state index contributed by atoms with van der Waals surface area (Å²) in [4.78, 5) is 29.1. The summed E-state index contributed by atoms with van der Waals surface area (Å²) in [6.45, 7) is 6.00. The first-order valence-electron chi connectivity index (χ1n) is 8.07. The van der Waals surface area contributed by atoms with E-state index < -0.39 is 12.1 Å². The Kier molecular flexibility index (Phi) is 10.2. The predicted molar refractivity (Wildman–Crippen MR) is 107 cm³/mol. The molecule has 9 heteroatoms. The van der Waals surface area contributed by atoms with Crippen LogP contribution in [-0.2, 0) is 20.9 Å². The highest BCUT2D eigenvalue weighted by molar-refractivity contribution is 8.13. The van der Waals surface area contributed by atoms with Gasteiger partial charge in [-0.05, 0) is 32.6 Å². The van der Waals surface area contributed by atoms with Crippen molar-refractivity contribution in [2.75, 3.05) is 19.9 Å². The monoisotopic (exact) mass is 399 g/mol. The smallest absolute Gasteiger partial charge is 0.446 e. The average Bonchev–Trinajstić information content (AvgIpc) is 2.65. The molecule has 0 radical (unpaired) electrons. The number of thioether (sulfide) groups is 1. The summed E-state index contributed by atoms with van der Waals surface area (Å²) < 4.78 is 8.16. The molecule has 0 unspecified atom stereocenters. The maximum Gasteiger partial charge on any atom is 0.446 e. The van der Waals surface area contributed by atoms with Crippen LogP contribution in [0.5, 0.6) is 0 Å². The van der Waals surface area contributed by atoms with E-state index in [1.54, 1.807) is 32.1 Å². The summed E-state index contributed by atoms with van der Waals surface area (Å²) in [5, 5.41) is 4.37. The highest BCUT2D eigenvalue weighted by atomic mass is 32.2. The number of ether oxygens (including phenoxy) is 1. The van der Waals surface area contributed by atoms with E-state index in [-0.39, 0.29) is 5.97 Å². The molecule has 0 aliphatic rings. The van der Waals surface area contributed by atoms with Crippen LogP contribution in [0.3, 0.4) is 0 Å². The zero-order chi connectivity index (χ0) is 19.5. The third-order valence-corrected chi connectivity index (χ3v) is 4.99. The number of carbonyl (C=O) groups excluding carboxylic acids is 2. The summed E-state index contributed by atoms with van der Waals surface area (Å²) in [6.07, 6.45) is 1.21. The van der Waals surface area contributed by atoms with Crippen LogP contribution in [0.1, 0.15) is 26.3 Å². The molecule has 0 fully saturated rings. The van der Waals surface area contributed by atoms with Gasteiger partial charge in [-0.25, -0.2) is 13.4 Å². The summed E-state index contributed by atoms with van der Waals surface area (Å²) in [6, 6.07) is 9.12. The van der Waals surface area contributed by atoms with Crippen LogP contribution in [0.15, 0.2) is 35.5 Å². The summed E-state index contributed by atoms with van der Waals surface area (Å²) in [7, 11) is 1.56. The molecule has 0 heterocycles. The van der Waals surface area contributed by atoms with E-state index in [4.69, 9.17) is 9.57 Å². The number of amides is 1. The maximum absolute atomic E-state index is 12.1. The van der Waals surface area contributed by atoms with Crippen LogP contribution in [0.2, 0.25) is 0 Å². The Labute approximate surface area is 163 Å². The van der Waals surface area contributed by atoms with E-state index in [2.05, 4.69) is 5.16 Å². The van der Waals surface area contributed by atoms with Crippen LogP contribution in [0.25, 0.3) is 0 Å². The van der Waals surface area contributed by atoms with Gasteiger partial charge in [0.2, 0.25) is 0 Å². The lowest BCUT2D eigenvalue weighted by molar-refractivity contribution is -0.147. The van der Waals surface area contributed by atoms with Crippen LogP contribution in [0.4, 0.5) is 4.79 Å². The number of carbonyl (C=O) groups is 2. The van der Waals surface area contributed by atoms with Crippen LogP contribution in [-0.4, -0.2) is 51.7 Å². The van der Waals surface area contributed by atoms with Crippen molar-refractivity contribution < 1.29 is 19.2 Å². The third-order valence-electron chi connectivity index (χ3n) is 3.27. The number of benzene rings is 1. The fourth-order valence-electron chi connectivity index (χ4n) is 1.77. The first kappa shape index (κ1) is 22.3. The topological polar surface area (TPSA) is 71.4 Å². The standard InChI is InChI=1S/C17H25N3O4S2/c1-6-23-16(21)13(2)20(12-15-10-8-7-9-11-15)26-19(4)17(22)24-18-14(3)25-5/h7-11,13H,6,12H2,1-5H3/b18-14-/t13-/m1/s1. The molecule has 0 aromatic heterocycles. The number of hydrogen-bond donors (Lipinski definition) is 0. The van der Waals surface area contributed by atoms with Gasteiger partial charge in [0, 0.05) is 25.7 Å². The van der Waals surface area contributed by atoms with Gasteiger partial charge in [0.15, 0.2) is 0 Å². The van der Waals surface area contributed by atoms with Crippen LogP contribution in [0, 0.1) is 0 Å². The molecule has 0 aliphatic carbocycles. The van der Waals surface area contributed by atoms with Crippen molar-refractivity contribution >= 4 is 41.0 Å². The molecule has 144 valence electrons. The maximum atomic E-state index is 12.1. The minimum Gasteiger partial charge on any atom is -0.465 e. The third kappa shape index (κ3) is 7.67. The molecule has 1 aromatic rings. The molecule has 0 aliphatic heterocycles. The summed E-state index contributed by atoms with van der Waals surface area (Å²) in [5.74, 6) is -0.353. The van der Waals surface area contributed by atoms with Gasteiger partial charge in [-0.1, -0.05) is 35.5 Å². The van der Waals surface area contributed by atoms with Crippen molar-refractivity contribution in [2.24, 2.45) is 5.16 Å². The lowest BCUT2D eigenvalue weighted by Gasteiger charge is -2.28. The SMILES string of the molecule is CCOC(=O)[C@@H](C)N(Cc1ccccc1)SN(C)C(=O)O/N=C(/C)SC. The van der Waals surface area contributed by atoms with Crippen molar-refractivity contribution in [2.45, 2.75) is 33.4 Å². The zero-order valence-electron chi connectivity index (χ0n) is 15.7. The Morgan fingerprint density at radius 1 is 1.27 bits per heavy atom. The summed E-state index contributed by atoms with van der Waals surface area (Å²) in [5.41, 5.74) is 1.01. The first-order chi connectivity index (χ1) is 12.4. The normalized spacial score (nSPS) is 12.6. The molecular weight excluding hydrogens is 374 g/mol. The molecule has 0 bridgehead atoms. The molecule has 0 spiro atoms. The largest absolute Gasteiger partial charge is 0.465 e. The predicted octanol–water partition coefficient (Wildman–Crippen LogP) is 3.77. The van der Waals surface area contributed by atoms with E-state index in [1.165, 1.54) is 16.1 Å². The molecule has 0 N–H and O–H groups in total. The second-order valence-corrected chi connectivity index (χ2v) is 7.42. The Hall–Kier alpha value is -1.71. The van der Waals surface area contributed by atoms with Gasteiger partial charge in [-0.15, -0.1) is 11.8 Å². The van der Waals surface area contributed by atoms with E-state index in [0.29, 0.717) is 18.2 Å². The average molecular weight is 400 g/mol. The number of rotatable bonds is 8. The molecule has 1 rings (SSSR count). The second kappa shape index (κ2) is 11.8. The Morgan fingerprint density at radius 3 is 2.50 bits per heavy atom. The van der Waals surface area contributed by atoms with Crippen molar-refractivity contribution in [1.82, 2.24) is 8.61 Å². The number of nitrogens with zero attached hydrogens (tertiary/aromatic N) is 3. The Bertz CT molecular complexity index is 613. The van der Waals surface area contributed by atoms with E-state index in [9.17, 15) is 9.59 Å². The van der Waals surface area contributed by atoms with Crippen molar-refractivity contribution in [3.63, 3.8) is 0 Å². The number of esters is 1. The second-order valence-electron chi connectivity index (χ2n) is 5.24. The van der Waals surface area contributed by atoms with Gasteiger partial charge in [0.25, 0.3) is 0 Å². The molecule has 26 heavy (non-hydrogen) atoms. The molecule has 7 nitrogen and oxygen atoms in total. The van der Waals surface area contributed by atoms with Crippen molar-refractivity contribution in [3.05, 3.63) is 35.9 Å². The zero-order valence-corrected chi connectivity index (χ0v) is 17.3. The van der Waals surface area contributed by atoms with Gasteiger partial charge in [0.05, 0.1) is 6.61 Å². The van der Waals surface area contributed by atoms with E-state index in [1.807, 2.05) is 36.6 Å². The molecular formula is C17H25N3O4S2. The molecule has 1 atom stereocenters. The molecule has 1 amide bonds. The van der Waals surface area contributed by atoms with Crippen LogP contribution >= 0.6 is 23.9 Å².